The molecule has 0 bridgehead atoms. The van der Waals surface area contributed by atoms with Gasteiger partial charge in [0.15, 0.2) is 0 Å². The second-order valence-electron chi connectivity index (χ2n) is 7.19. The Morgan fingerprint density at radius 2 is 1.38 bits per heavy atom. The largest absolute Gasteiger partial charge is 0.788 e. The normalized spacial score (nSPS) is 11.2. The van der Waals surface area contributed by atoms with Crippen LogP contribution in [0.15, 0.2) is 60.8 Å². The summed E-state index contributed by atoms with van der Waals surface area (Å²) in [4.78, 5) is 4.39. The Morgan fingerprint density at radius 3 is 1.83 bits per heavy atom. The maximum Gasteiger partial charge on any atom is 0.788 e. The fraction of sp³-hybridized carbons (Fsp3) is 0.227. The van der Waals surface area contributed by atoms with E-state index in [1.165, 1.54) is 0 Å². The minimum absolute atomic E-state index is 0.528. The average molecular weight is 430 g/mol. The van der Waals surface area contributed by atoms with Crippen LogP contribution in [0.25, 0.3) is 0 Å². The molecule has 0 amide bonds. The van der Waals surface area contributed by atoms with Crippen molar-refractivity contribution in [3.63, 3.8) is 0 Å². The van der Waals surface area contributed by atoms with E-state index in [-0.39, 0.29) is 0 Å². The first-order chi connectivity index (χ1) is 13.7. The maximum atomic E-state index is 6.24. The zero-order valence-electron chi connectivity index (χ0n) is 16.8. The molecule has 29 heavy (non-hydrogen) atoms. The van der Waals surface area contributed by atoms with Crippen molar-refractivity contribution in [2.45, 2.75) is 33.3 Å². The topological polar surface area (TPSA) is 40.6 Å². The molecule has 0 aliphatic heterocycles. The Kier molecular flexibility index (Phi) is 6.73. The van der Waals surface area contributed by atoms with Crippen molar-refractivity contribution >= 4 is 30.5 Å². The molecule has 3 aromatic rings. The number of pyridine rings is 1. The highest BCUT2D eigenvalue weighted by Gasteiger charge is 2.37. The van der Waals surface area contributed by atoms with Crippen LogP contribution in [0.5, 0.6) is 11.5 Å². The third-order valence-electron chi connectivity index (χ3n) is 4.42. The van der Waals surface area contributed by atoms with E-state index in [1.807, 2.05) is 70.2 Å². The van der Waals surface area contributed by atoms with Crippen molar-refractivity contribution in [2.24, 2.45) is 0 Å². The summed E-state index contributed by atoms with van der Waals surface area (Å²) in [5.41, 5.74) is 1.89. The minimum Gasteiger partial charge on any atom is -0.501 e. The number of hydrogen-bond acceptors (Lipinski definition) is 4. The van der Waals surface area contributed by atoms with Crippen LogP contribution in [0.3, 0.4) is 0 Å². The lowest BCUT2D eigenvalue weighted by molar-refractivity contribution is 0.0518. The molecular weight excluding hydrogens is 408 g/mol. The predicted octanol–water partition coefficient (Wildman–Crippen LogP) is 6.40. The van der Waals surface area contributed by atoms with Gasteiger partial charge >= 0.3 is 7.32 Å². The second kappa shape index (κ2) is 9.08. The first-order valence-electron chi connectivity index (χ1n) is 9.19. The molecule has 0 spiro atoms. The average Bonchev–Trinajstić information content (AvgIpc) is 2.68. The Hall–Kier alpha value is -2.21. The second-order valence-corrected chi connectivity index (χ2v) is 8.00. The molecule has 3 rings (SSSR count). The van der Waals surface area contributed by atoms with Crippen LogP contribution in [-0.2, 0) is 10.3 Å². The molecule has 4 nitrogen and oxygen atoms in total. The smallest absolute Gasteiger partial charge is 0.501 e. The van der Waals surface area contributed by atoms with Crippen LogP contribution in [0, 0.1) is 13.8 Å². The first-order valence-corrected chi connectivity index (χ1v) is 9.95. The van der Waals surface area contributed by atoms with Gasteiger partial charge in [-0.1, -0.05) is 41.4 Å². The number of benzene rings is 2. The standard InChI is InChI=1S/C22H22BCl2NO3/c1-15-8-10-17(13-19(15)24)27-23(28-18-11-9-16(2)20(25)14-18)29-22(3,4)21-7-5-6-12-26-21/h5-14H,1-4H3. The summed E-state index contributed by atoms with van der Waals surface area (Å²) in [6.45, 7) is 7.66. The number of hydrogen-bond donors (Lipinski definition) is 0. The highest BCUT2D eigenvalue weighted by Crippen LogP contribution is 2.28. The number of halogens is 2. The van der Waals surface area contributed by atoms with E-state index in [1.54, 1.807) is 18.3 Å². The van der Waals surface area contributed by atoms with Crippen LogP contribution < -0.4 is 9.31 Å². The summed E-state index contributed by atoms with van der Waals surface area (Å²) in [6.07, 6.45) is 1.72. The van der Waals surface area contributed by atoms with E-state index in [0.29, 0.717) is 21.5 Å². The van der Waals surface area contributed by atoms with Gasteiger partial charge < -0.3 is 14.0 Å². The molecule has 0 unspecified atom stereocenters. The lowest BCUT2D eigenvalue weighted by Crippen LogP contribution is -2.41. The van der Waals surface area contributed by atoms with Crippen molar-refractivity contribution in [1.82, 2.24) is 4.98 Å². The highest BCUT2D eigenvalue weighted by atomic mass is 35.5. The van der Waals surface area contributed by atoms with Crippen LogP contribution in [0.2, 0.25) is 10.0 Å². The Balaban J connectivity index is 1.87. The van der Waals surface area contributed by atoms with Gasteiger partial charge in [0, 0.05) is 16.2 Å². The van der Waals surface area contributed by atoms with Crippen LogP contribution >= 0.6 is 23.2 Å². The maximum absolute atomic E-state index is 6.24. The Morgan fingerprint density at radius 1 is 0.828 bits per heavy atom. The SMILES string of the molecule is Cc1ccc(OB(Oc2ccc(C)c(Cl)c2)OC(C)(C)c2ccccn2)cc1Cl. The van der Waals surface area contributed by atoms with Gasteiger partial charge in [0.05, 0.1) is 11.3 Å². The van der Waals surface area contributed by atoms with Crippen LogP contribution in [0.1, 0.15) is 30.7 Å². The molecule has 150 valence electrons. The van der Waals surface area contributed by atoms with Crippen LogP contribution in [-0.4, -0.2) is 12.3 Å². The molecular formula is C22H22BCl2NO3. The molecule has 1 aromatic heterocycles. The number of nitrogens with zero attached hydrogens (tertiary/aromatic N) is 1. The van der Waals surface area contributed by atoms with E-state index in [4.69, 9.17) is 37.2 Å². The van der Waals surface area contributed by atoms with Crippen molar-refractivity contribution < 1.29 is 14.0 Å². The molecule has 2 aromatic carbocycles. The molecule has 0 N–H and O–H groups in total. The molecule has 0 atom stereocenters. The van der Waals surface area contributed by atoms with Gasteiger partial charge in [0.2, 0.25) is 0 Å². The van der Waals surface area contributed by atoms with E-state index < -0.39 is 12.9 Å². The number of aryl methyl sites for hydroxylation is 2. The third-order valence-corrected chi connectivity index (χ3v) is 5.24. The van der Waals surface area contributed by atoms with Gasteiger partial charge in [0.1, 0.15) is 11.5 Å². The van der Waals surface area contributed by atoms with Gasteiger partial charge in [-0.05, 0) is 75.2 Å². The molecule has 0 aliphatic rings. The third kappa shape index (κ3) is 5.66. The van der Waals surface area contributed by atoms with Gasteiger partial charge in [-0.2, -0.15) is 0 Å². The molecule has 1 heterocycles. The summed E-state index contributed by atoms with van der Waals surface area (Å²) in [6, 6.07) is 16.5. The quantitative estimate of drug-likeness (QED) is 0.407. The monoisotopic (exact) mass is 429 g/mol. The molecule has 0 fully saturated rings. The fourth-order valence-corrected chi connectivity index (χ4v) is 2.95. The summed E-state index contributed by atoms with van der Waals surface area (Å²) < 4.78 is 18.1. The summed E-state index contributed by atoms with van der Waals surface area (Å²) in [5, 5.41) is 1.20. The molecule has 7 heteroatoms. The van der Waals surface area contributed by atoms with E-state index in [2.05, 4.69) is 4.98 Å². The summed E-state index contributed by atoms with van der Waals surface area (Å²) >= 11 is 12.5. The minimum atomic E-state index is -1.05. The zero-order chi connectivity index (χ0) is 21.0. The van der Waals surface area contributed by atoms with E-state index in [0.717, 1.165) is 16.8 Å². The predicted molar refractivity (Wildman–Crippen MR) is 118 cm³/mol. The van der Waals surface area contributed by atoms with E-state index in [9.17, 15) is 0 Å². The van der Waals surface area contributed by atoms with Crippen molar-refractivity contribution in [3.8, 4) is 11.5 Å². The molecule has 0 aliphatic carbocycles. The van der Waals surface area contributed by atoms with Crippen molar-refractivity contribution in [3.05, 3.63) is 87.7 Å². The highest BCUT2D eigenvalue weighted by molar-refractivity contribution is 6.39. The molecule has 0 radical (unpaired) electrons. The van der Waals surface area contributed by atoms with Crippen LogP contribution in [0.4, 0.5) is 0 Å². The van der Waals surface area contributed by atoms with Gasteiger partial charge in [0.25, 0.3) is 0 Å². The zero-order valence-corrected chi connectivity index (χ0v) is 18.3. The molecule has 0 saturated heterocycles. The number of rotatable bonds is 7. The lowest BCUT2D eigenvalue weighted by atomic mass is 10.0. The Bertz CT molecular complexity index is 930. The summed E-state index contributed by atoms with van der Waals surface area (Å²) in [5.74, 6) is 1.06. The molecule has 0 saturated carbocycles. The summed E-state index contributed by atoms with van der Waals surface area (Å²) in [7, 11) is -1.05. The van der Waals surface area contributed by atoms with E-state index >= 15 is 0 Å². The first kappa shape index (κ1) is 21.5. The fourth-order valence-electron chi connectivity index (χ4n) is 2.61. The Labute approximate surface area is 181 Å². The van der Waals surface area contributed by atoms with Gasteiger partial charge in [-0.15, -0.1) is 0 Å². The van der Waals surface area contributed by atoms with Crippen molar-refractivity contribution in [1.29, 1.82) is 0 Å². The lowest BCUT2D eigenvalue weighted by Gasteiger charge is -2.28. The van der Waals surface area contributed by atoms with Crippen molar-refractivity contribution in [2.75, 3.05) is 0 Å². The van der Waals surface area contributed by atoms with Gasteiger partial charge in [-0.3, -0.25) is 4.98 Å². The number of aromatic nitrogens is 1. The van der Waals surface area contributed by atoms with Gasteiger partial charge in [-0.25, -0.2) is 0 Å².